The average molecular weight is 443 g/mol. The van der Waals surface area contributed by atoms with Crippen molar-refractivity contribution >= 4 is 29.1 Å². The molecule has 1 aromatic heterocycles. The van der Waals surface area contributed by atoms with Gasteiger partial charge >= 0.3 is 6.18 Å². The lowest BCUT2D eigenvalue weighted by atomic mass is 10.1. The number of nitrogens with one attached hydrogen (secondary N) is 1. The molecule has 5 nitrogen and oxygen atoms in total. The first-order valence-corrected chi connectivity index (χ1v) is 9.67. The molecule has 0 fully saturated rings. The maximum atomic E-state index is 12.7. The van der Waals surface area contributed by atoms with Crippen LogP contribution >= 0.6 is 11.6 Å². The van der Waals surface area contributed by atoms with Crippen molar-refractivity contribution in [3.63, 3.8) is 0 Å². The van der Waals surface area contributed by atoms with Crippen LogP contribution in [0.3, 0.4) is 0 Å². The third kappa shape index (κ3) is 6.73. The smallest absolute Gasteiger partial charge is 0.416 e. The highest BCUT2D eigenvalue weighted by atomic mass is 35.5. The van der Waals surface area contributed by atoms with E-state index >= 15 is 0 Å². The Morgan fingerprint density at radius 2 is 1.90 bits per heavy atom. The number of pyridine rings is 1. The third-order valence-electron chi connectivity index (χ3n) is 4.12. The van der Waals surface area contributed by atoms with E-state index in [0.717, 1.165) is 18.2 Å². The fourth-order valence-corrected chi connectivity index (χ4v) is 2.75. The summed E-state index contributed by atoms with van der Waals surface area (Å²) in [5.41, 5.74) is 0.144. The lowest BCUT2D eigenvalue weighted by Crippen LogP contribution is -2.19. The fourth-order valence-electron chi connectivity index (χ4n) is 2.52. The molecule has 162 valence electrons. The maximum Gasteiger partial charge on any atom is 0.416 e. The lowest BCUT2D eigenvalue weighted by molar-refractivity contribution is -0.137. The van der Waals surface area contributed by atoms with Gasteiger partial charge in [0.15, 0.2) is 5.78 Å². The van der Waals surface area contributed by atoms with E-state index in [2.05, 4.69) is 10.3 Å². The number of carbonyl (C=O) groups is 2. The summed E-state index contributed by atoms with van der Waals surface area (Å²) in [5.74, 6) is -0.156. The Hall–Kier alpha value is -2.61. The third-order valence-corrected chi connectivity index (χ3v) is 4.41. The molecule has 0 aliphatic rings. The molecule has 0 aliphatic heterocycles. The molecule has 1 heterocycles. The van der Waals surface area contributed by atoms with Gasteiger partial charge in [0.05, 0.1) is 17.2 Å². The normalized spacial score (nSPS) is 11.5. The second-order valence-corrected chi connectivity index (χ2v) is 7.45. The molecule has 1 N–H and O–H groups in total. The topological polar surface area (TPSA) is 68.3 Å². The number of aromatic nitrogens is 1. The molecule has 1 aromatic carbocycles. The zero-order valence-electron chi connectivity index (χ0n) is 16.8. The van der Waals surface area contributed by atoms with Gasteiger partial charge in [-0.05, 0) is 43.7 Å². The standard InChI is InChI=1S/C21H22ClF3N2O3/c1-12(2)20(29)27-19-10-14(9-13(3)26-19)17(28)5-4-8-30-18-7-6-15(11-16(18)22)21(23,24)25/h6-7,9-12H,4-5,8H2,1-3H3,(H,26,27,29). The number of benzene rings is 1. The van der Waals surface area contributed by atoms with E-state index in [1.807, 2.05) is 0 Å². The van der Waals surface area contributed by atoms with Gasteiger partial charge in [-0.1, -0.05) is 25.4 Å². The monoisotopic (exact) mass is 442 g/mol. The molecule has 0 saturated heterocycles. The van der Waals surface area contributed by atoms with Gasteiger partial charge in [0.2, 0.25) is 5.91 Å². The van der Waals surface area contributed by atoms with Crippen molar-refractivity contribution in [2.45, 2.75) is 39.8 Å². The molecule has 0 radical (unpaired) electrons. The van der Waals surface area contributed by atoms with Crippen molar-refractivity contribution in [2.75, 3.05) is 11.9 Å². The van der Waals surface area contributed by atoms with Gasteiger partial charge in [-0.2, -0.15) is 13.2 Å². The highest BCUT2D eigenvalue weighted by Crippen LogP contribution is 2.34. The molecule has 2 rings (SSSR count). The van der Waals surface area contributed by atoms with E-state index in [4.69, 9.17) is 16.3 Å². The second kappa shape index (κ2) is 9.93. The van der Waals surface area contributed by atoms with Gasteiger partial charge in [0.1, 0.15) is 11.6 Å². The highest BCUT2D eigenvalue weighted by Gasteiger charge is 2.31. The number of ether oxygens (including phenoxy) is 1. The molecule has 2 aromatic rings. The van der Waals surface area contributed by atoms with E-state index in [1.165, 1.54) is 6.07 Å². The van der Waals surface area contributed by atoms with Crippen LogP contribution in [0.5, 0.6) is 5.75 Å². The number of ketones is 1. The average Bonchev–Trinajstić information content (AvgIpc) is 2.64. The molecular formula is C21H22ClF3N2O3. The van der Waals surface area contributed by atoms with Crippen molar-refractivity contribution in [3.05, 3.63) is 52.2 Å². The maximum absolute atomic E-state index is 12.7. The van der Waals surface area contributed by atoms with E-state index in [1.54, 1.807) is 26.8 Å². The zero-order chi connectivity index (χ0) is 22.5. The first-order chi connectivity index (χ1) is 14.0. The Labute approximate surface area is 177 Å². The van der Waals surface area contributed by atoms with Crippen LogP contribution in [-0.4, -0.2) is 23.3 Å². The van der Waals surface area contributed by atoms with Gasteiger partial charge < -0.3 is 10.1 Å². The largest absolute Gasteiger partial charge is 0.492 e. The SMILES string of the molecule is Cc1cc(C(=O)CCCOc2ccc(C(F)(F)F)cc2Cl)cc(NC(=O)C(C)C)n1. The van der Waals surface area contributed by atoms with Crippen LogP contribution < -0.4 is 10.1 Å². The molecule has 30 heavy (non-hydrogen) atoms. The minimum Gasteiger partial charge on any atom is -0.492 e. The Kier molecular flexibility index (Phi) is 7.83. The number of hydrogen-bond acceptors (Lipinski definition) is 4. The van der Waals surface area contributed by atoms with E-state index in [9.17, 15) is 22.8 Å². The van der Waals surface area contributed by atoms with Crippen LogP contribution in [0.4, 0.5) is 19.0 Å². The quantitative estimate of drug-likeness (QED) is 0.420. The summed E-state index contributed by atoms with van der Waals surface area (Å²) < 4.78 is 43.4. The van der Waals surface area contributed by atoms with Gasteiger partial charge in [-0.25, -0.2) is 4.98 Å². The number of anilines is 1. The summed E-state index contributed by atoms with van der Waals surface area (Å²) in [6.45, 7) is 5.33. The summed E-state index contributed by atoms with van der Waals surface area (Å²) in [5, 5.41) is 2.52. The van der Waals surface area contributed by atoms with Crippen LogP contribution in [0.2, 0.25) is 5.02 Å². The van der Waals surface area contributed by atoms with E-state index in [0.29, 0.717) is 23.5 Å². The number of aryl methyl sites for hydroxylation is 1. The Morgan fingerprint density at radius 3 is 2.50 bits per heavy atom. The van der Waals surface area contributed by atoms with Gasteiger partial charge in [-0.15, -0.1) is 0 Å². The van der Waals surface area contributed by atoms with Gasteiger partial charge in [0.25, 0.3) is 0 Å². The van der Waals surface area contributed by atoms with E-state index in [-0.39, 0.29) is 41.4 Å². The Bertz CT molecular complexity index is 930. The van der Waals surface area contributed by atoms with Crippen molar-refractivity contribution in [1.82, 2.24) is 4.98 Å². The molecule has 1 amide bonds. The van der Waals surface area contributed by atoms with Crippen molar-refractivity contribution in [3.8, 4) is 5.75 Å². The van der Waals surface area contributed by atoms with Crippen LogP contribution in [-0.2, 0) is 11.0 Å². The highest BCUT2D eigenvalue weighted by molar-refractivity contribution is 6.32. The number of rotatable bonds is 8. The minimum absolute atomic E-state index is 0.109. The molecule has 0 atom stereocenters. The Balaban J connectivity index is 1.92. The van der Waals surface area contributed by atoms with Crippen LogP contribution in [0, 0.1) is 12.8 Å². The second-order valence-electron chi connectivity index (χ2n) is 7.04. The van der Waals surface area contributed by atoms with Crippen LogP contribution in [0.25, 0.3) is 0 Å². The predicted octanol–water partition coefficient (Wildman–Crippen LogP) is 5.70. The van der Waals surface area contributed by atoms with Crippen molar-refractivity contribution in [2.24, 2.45) is 5.92 Å². The van der Waals surface area contributed by atoms with Crippen molar-refractivity contribution < 1.29 is 27.5 Å². The zero-order valence-corrected chi connectivity index (χ0v) is 17.5. The first kappa shape index (κ1) is 23.7. The molecule has 0 aliphatic carbocycles. The molecule has 0 spiro atoms. The minimum atomic E-state index is -4.48. The Morgan fingerprint density at radius 1 is 1.20 bits per heavy atom. The molecule has 0 unspecified atom stereocenters. The number of Topliss-reactive ketones (excluding diaryl/α,β-unsaturated/α-hetero) is 1. The molecular weight excluding hydrogens is 421 g/mol. The summed E-state index contributed by atoms with van der Waals surface area (Å²) >= 11 is 5.84. The number of amides is 1. The summed E-state index contributed by atoms with van der Waals surface area (Å²) in [4.78, 5) is 28.5. The molecule has 9 heteroatoms. The van der Waals surface area contributed by atoms with Crippen molar-refractivity contribution in [1.29, 1.82) is 0 Å². The summed E-state index contributed by atoms with van der Waals surface area (Å²) in [6.07, 6.45) is -3.99. The lowest BCUT2D eigenvalue weighted by Gasteiger charge is -2.11. The summed E-state index contributed by atoms with van der Waals surface area (Å²) in [6, 6.07) is 5.99. The molecule has 0 saturated carbocycles. The van der Waals surface area contributed by atoms with E-state index < -0.39 is 11.7 Å². The number of carbonyl (C=O) groups excluding carboxylic acids is 2. The number of halogens is 4. The van der Waals surface area contributed by atoms with Crippen LogP contribution in [0.15, 0.2) is 30.3 Å². The first-order valence-electron chi connectivity index (χ1n) is 9.29. The summed E-state index contributed by atoms with van der Waals surface area (Å²) in [7, 11) is 0. The number of alkyl halides is 3. The number of hydrogen-bond donors (Lipinski definition) is 1. The number of nitrogens with zero attached hydrogens (tertiary/aromatic N) is 1. The fraction of sp³-hybridized carbons (Fsp3) is 0.381. The van der Waals surface area contributed by atoms with Crippen LogP contribution in [0.1, 0.15) is 48.3 Å². The van der Waals surface area contributed by atoms with Gasteiger partial charge in [-0.3, -0.25) is 9.59 Å². The van der Waals surface area contributed by atoms with Gasteiger partial charge in [0, 0.05) is 23.6 Å². The molecule has 0 bridgehead atoms. The predicted molar refractivity (Wildman–Crippen MR) is 108 cm³/mol.